The van der Waals surface area contributed by atoms with Crippen molar-refractivity contribution in [3.8, 4) is 0 Å². The molecule has 1 aromatic carbocycles. The van der Waals surface area contributed by atoms with Crippen molar-refractivity contribution in [2.45, 2.75) is 19.5 Å². The van der Waals surface area contributed by atoms with E-state index >= 15 is 0 Å². The monoisotopic (exact) mass is 342 g/mol. The van der Waals surface area contributed by atoms with Gasteiger partial charge in [-0.3, -0.25) is 0 Å². The number of halogens is 1. The summed E-state index contributed by atoms with van der Waals surface area (Å²) in [5.74, 6) is 0.603. The Hall–Kier alpha value is -1.34. The van der Waals surface area contributed by atoms with E-state index in [1.807, 2.05) is 12.1 Å². The maximum atomic E-state index is 12.6. The molecule has 0 radical (unpaired) electrons. The van der Waals surface area contributed by atoms with E-state index in [0.717, 1.165) is 5.56 Å². The standard InChI is InChI=1S/C15H19ClN2O3S/c1-12(15-5-4-10-21-15)18(3)22(19,20)17(2)11-13-6-8-14(16)9-7-13/h4-10,12H,11H2,1-3H3/t12-/m1/s1. The van der Waals surface area contributed by atoms with Gasteiger partial charge in [0.1, 0.15) is 5.76 Å². The zero-order valence-electron chi connectivity index (χ0n) is 12.7. The number of furan rings is 1. The Morgan fingerprint density at radius 2 is 1.82 bits per heavy atom. The van der Waals surface area contributed by atoms with Crippen LogP contribution in [-0.4, -0.2) is 31.1 Å². The lowest BCUT2D eigenvalue weighted by Crippen LogP contribution is -2.40. The van der Waals surface area contributed by atoms with E-state index in [-0.39, 0.29) is 12.6 Å². The van der Waals surface area contributed by atoms with Crippen LogP contribution in [0.3, 0.4) is 0 Å². The fourth-order valence-corrected chi connectivity index (χ4v) is 3.44. The first-order chi connectivity index (χ1) is 10.3. The van der Waals surface area contributed by atoms with Gasteiger partial charge < -0.3 is 4.42 Å². The molecule has 0 fully saturated rings. The van der Waals surface area contributed by atoms with Crippen molar-refractivity contribution in [2.75, 3.05) is 14.1 Å². The Kier molecular flexibility index (Phi) is 5.28. The van der Waals surface area contributed by atoms with E-state index in [2.05, 4.69) is 0 Å². The Morgan fingerprint density at radius 1 is 1.18 bits per heavy atom. The van der Waals surface area contributed by atoms with Crippen LogP contribution >= 0.6 is 11.6 Å². The van der Waals surface area contributed by atoms with Crippen LogP contribution in [0.4, 0.5) is 0 Å². The summed E-state index contributed by atoms with van der Waals surface area (Å²) in [5.41, 5.74) is 0.870. The van der Waals surface area contributed by atoms with Gasteiger partial charge in [-0.25, -0.2) is 0 Å². The molecule has 0 unspecified atom stereocenters. The summed E-state index contributed by atoms with van der Waals surface area (Å²) in [7, 11) is -0.505. The van der Waals surface area contributed by atoms with E-state index in [0.29, 0.717) is 10.8 Å². The quantitative estimate of drug-likeness (QED) is 0.809. The van der Waals surface area contributed by atoms with Crippen LogP contribution in [0.25, 0.3) is 0 Å². The zero-order chi connectivity index (χ0) is 16.3. The fraction of sp³-hybridized carbons (Fsp3) is 0.333. The van der Waals surface area contributed by atoms with Crippen LogP contribution in [0.1, 0.15) is 24.3 Å². The van der Waals surface area contributed by atoms with Gasteiger partial charge in [0.25, 0.3) is 10.2 Å². The van der Waals surface area contributed by atoms with Gasteiger partial charge in [0, 0.05) is 25.7 Å². The largest absolute Gasteiger partial charge is 0.468 e. The molecule has 1 heterocycles. The van der Waals surface area contributed by atoms with E-state index < -0.39 is 10.2 Å². The first-order valence-electron chi connectivity index (χ1n) is 6.79. The molecule has 2 rings (SSSR count). The Labute approximate surface area is 136 Å². The molecule has 0 saturated carbocycles. The maximum absolute atomic E-state index is 12.6. The minimum Gasteiger partial charge on any atom is -0.468 e. The van der Waals surface area contributed by atoms with Gasteiger partial charge in [-0.2, -0.15) is 17.0 Å². The minimum absolute atomic E-state index is 0.273. The topological polar surface area (TPSA) is 53.8 Å². The van der Waals surface area contributed by atoms with Gasteiger partial charge in [-0.05, 0) is 36.8 Å². The Balaban J connectivity index is 2.12. The molecule has 1 atom stereocenters. The molecule has 0 amide bonds. The second-order valence-electron chi connectivity index (χ2n) is 5.10. The van der Waals surface area contributed by atoms with E-state index in [1.165, 1.54) is 14.9 Å². The molecule has 0 N–H and O–H groups in total. The van der Waals surface area contributed by atoms with E-state index in [9.17, 15) is 8.42 Å². The van der Waals surface area contributed by atoms with Crippen molar-refractivity contribution in [3.63, 3.8) is 0 Å². The molecule has 7 heteroatoms. The molecular formula is C15H19ClN2O3S. The Morgan fingerprint density at radius 3 is 2.36 bits per heavy atom. The highest BCUT2D eigenvalue weighted by atomic mass is 35.5. The zero-order valence-corrected chi connectivity index (χ0v) is 14.3. The predicted molar refractivity (Wildman–Crippen MR) is 86.7 cm³/mol. The number of hydrogen-bond acceptors (Lipinski definition) is 3. The fourth-order valence-electron chi connectivity index (χ4n) is 2.06. The third-order valence-electron chi connectivity index (χ3n) is 3.58. The third kappa shape index (κ3) is 3.70. The third-order valence-corrected chi connectivity index (χ3v) is 5.79. The molecule has 5 nitrogen and oxygen atoms in total. The lowest BCUT2D eigenvalue weighted by atomic mass is 10.2. The molecule has 0 aliphatic heterocycles. The number of rotatable bonds is 6. The minimum atomic E-state index is -3.60. The number of benzene rings is 1. The lowest BCUT2D eigenvalue weighted by Gasteiger charge is -2.28. The summed E-state index contributed by atoms with van der Waals surface area (Å²) >= 11 is 5.84. The first-order valence-corrected chi connectivity index (χ1v) is 8.57. The van der Waals surface area contributed by atoms with Gasteiger partial charge in [-0.15, -0.1) is 0 Å². The molecule has 0 aliphatic rings. The van der Waals surface area contributed by atoms with Gasteiger partial charge in [0.15, 0.2) is 0 Å². The van der Waals surface area contributed by atoms with Gasteiger partial charge in [-0.1, -0.05) is 23.7 Å². The first kappa shape index (κ1) is 17.0. The highest BCUT2D eigenvalue weighted by Crippen LogP contribution is 2.24. The molecule has 22 heavy (non-hydrogen) atoms. The normalized spacial score (nSPS) is 13.7. The molecule has 0 spiro atoms. The van der Waals surface area contributed by atoms with Gasteiger partial charge >= 0.3 is 0 Å². The smallest absolute Gasteiger partial charge is 0.282 e. The molecule has 0 bridgehead atoms. The highest BCUT2D eigenvalue weighted by Gasteiger charge is 2.29. The van der Waals surface area contributed by atoms with Crippen LogP contribution in [0.5, 0.6) is 0 Å². The van der Waals surface area contributed by atoms with Crippen LogP contribution in [0.15, 0.2) is 47.1 Å². The Bertz CT molecular complexity index is 699. The lowest BCUT2D eigenvalue weighted by molar-refractivity contribution is 0.312. The van der Waals surface area contributed by atoms with Crippen LogP contribution in [-0.2, 0) is 16.8 Å². The predicted octanol–water partition coefficient (Wildman–Crippen LogP) is 3.30. The highest BCUT2D eigenvalue weighted by molar-refractivity contribution is 7.86. The summed E-state index contributed by atoms with van der Waals surface area (Å²) in [6, 6.07) is 10.2. The maximum Gasteiger partial charge on any atom is 0.282 e. The van der Waals surface area contributed by atoms with Crippen molar-refractivity contribution < 1.29 is 12.8 Å². The van der Waals surface area contributed by atoms with Crippen molar-refractivity contribution in [1.82, 2.24) is 8.61 Å². The van der Waals surface area contributed by atoms with Crippen LogP contribution in [0.2, 0.25) is 5.02 Å². The van der Waals surface area contributed by atoms with Crippen molar-refractivity contribution in [3.05, 3.63) is 59.0 Å². The summed E-state index contributed by atoms with van der Waals surface area (Å²) in [4.78, 5) is 0. The van der Waals surface area contributed by atoms with Gasteiger partial charge in [0.2, 0.25) is 0 Å². The molecular weight excluding hydrogens is 324 g/mol. The summed E-state index contributed by atoms with van der Waals surface area (Å²) < 4.78 is 33.1. The molecule has 120 valence electrons. The number of nitrogens with zero attached hydrogens (tertiary/aromatic N) is 2. The van der Waals surface area contributed by atoms with Crippen LogP contribution < -0.4 is 0 Å². The second kappa shape index (κ2) is 6.83. The SMILES string of the molecule is C[C@H](c1ccco1)N(C)S(=O)(=O)N(C)Cc1ccc(Cl)cc1. The van der Waals surface area contributed by atoms with Gasteiger partial charge in [0.05, 0.1) is 12.3 Å². The average molecular weight is 343 g/mol. The second-order valence-corrected chi connectivity index (χ2v) is 7.63. The number of hydrogen-bond donors (Lipinski definition) is 0. The van der Waals surface area contributed by atoms with E-state index in [1.54, 1.807) is 45.3 Å². The molecule has 0 aliphatic carbocycles. The van der Waals surface area contributed by atoms with Crippen molar-refractivity contribution in [2.24, 2.45) is 0 Å². The van der Waals surface area contributed by atoms with Crippen molar-refractivity contribution >= 4 is 21.8 Å². The molecule has 1 aromatic heterocycles. The summed E-state index contributed by atoms with van der Waals surface area (Å²) in [6.45, 7) is 2.06. The van der Waals surface area contributed by atoms with Crippen molar-refractivity contribution in [1.29, 1.82) is 0 Å². The molecule has 0 saturated heterocycles. The van der Waals surface area contributed by atoms with E-state index in [4.69, 9.17) is 16.0 Å². The summed E-state index contributed by atoms with van der Waals surface area (Å²) in [6.07, 6.45) is 1.53. The summed E-state index contributed by atoms with van der Waals surface area (Å²) in [5, 5.41) is 0.623. The molecule has 2 aromatic rings. The van der Waals surface area contributed by atoms with Crippen LogP contribution in [0, 0.1) is 0 Å². The average Bonchev–Trinajstić information content (AvgIpc) is 3.02.